The molecule has 2 aromatic rings. The van der Waals surface area contributed by atoms with E-state index < -0.39 is 12.1 Å². The maximum absolute atomic E-state index is 13.7. The lowest BCUT2D eigenvalue weighted by Gasteiger charge is -2.18. The van der Waals surface area contributed by atoms with Crippen LogP contribution in [0.5, 0.6) is 0 Å². The van der Waals surface area contributed by atoms with Crippen LogP contribution in [0.2, 0.25) is 0 Å². The van der Waals surface area contributed by atoms with E-state index in [-0.39, 0.29) is 23.9 Å². The summed E-state index contributed by atoms with van der Waals surface area (Å²) in [5.41, 5.74) is 0.921. The van der Waals surface area contributed by atoms with Crippen LogP contribution in [0, 0.1) is 0 Å². The minimum atomic E-state index is -4.48. The third-order valence-corrected chi connectivity index (χ3v) is 6.00. The molecule has 0 fully saturated rings. The summed E-state index contributed by atoms with van der Waals surface area (Å²) in [6.45, 7) is 2.08. The number of amides is 2. The summed E-state index contributed by atoms with van der Waals surface area (Å²) in [7, 11) is 1.51. The molecular formula is C22H20Br3F3N2O2. The molecule has 2 rings (SSSR count). The van der Waals surface area contributed by atoms with Gasteiger partial charge in [0.25, 0.3) is 0 Å². The average molecular weight is 641 g/mol. The van der Waals surface area contributed by atoms with Crippen LogP contribution < -0.4 is 5.32 Å². The molecule has 0 spiro atoms. The number of allylic oxidation sites excluding steroid dienone is 1. The number of alkyl halides is 3. The fraction of sp³-hybridized carbons (Fsp3) is 0.273. The van der Waals surface area contributed by atoms with E-state index in [1.165, 1.54) is 36.2 Å². The van der Waals surface area contributed by atoms with Crippen molar-refractivity contribution in [3.63, 3.8) is 0 Å². The summed E-state index contributed by atoms with van der Waals surface area (Å²) in [5.74, 6) is -2.10. The number of urea groups is 1. The zero-order valence-corrected chi connectivity index (χ0v) is 21.9. The number of ketones is 1. The second kappa shape index (κ2) is 11.5. The molecule has 0 saturated heterocycles. The fourth-order valence-electron chi connectivity index (χ4n) is 2.89. The first kappa shape index (κ1) is 26.6. The highest BCUT2D eigenvalue weighted by atomic mass is 79.9. The van der Waals surface area contributed by atoms with Crippen molar-refractivity contribution >= 4 is 65.7 Å². The summed E-state index contributed by atoms with van der Waals surface area (Å²) in [6.07, 6.45) is -2.03. The third-order valence-electron chi connectivity index (χ3n) is 4.43. The molecule has 32 heavy (non-hydrogen) atoms. The first-order chi connectivity index (χ1) is 14.9. The van der Waals surface area contributed by atoms with Crippen LogP contribution >= 0.6 is 47.8 Å². The number of nitrogens with one attached hydrogen (secondary N) is 1. The largest absolute Gasteiger partial charge is 0.399 e. The summed E-state index contributed by atoms with van der Waals surface area (Å²) in [4.78, 5) is 25.6. The highest BCUT2D eigenvalue weighted by Crippen LogP contribution is 2.38. The van der Waals surface area contributed by atoms with Gasteiger partial charge in [-0.15, -0.1) is 0 Å². The number of rotatable bonds is 7. The van der Waals surface area contributed by atoms with Crippen molar-refractivity contribution in [3.8, 4) is 0 Å². The molecule has 0 aliphatic rings. The van der Waals surface area contributed by atoms with Gasteiger partial charge < -0.3 is 10.2 Å². The van der Waals surface area contributed by atoms with Crippen molar-refractivity contribution in [2.24, 2.45) is 0 Å². The van der Waals surface area contributed by atoms with E-state index >= 15 is 0 Å². The van der Waals surface area contributed by atoms with Crippen molar-refractivity contribution in [2.45, 2.75) is 19.0 Å². The number of likely N-dealkylation sites (N-methyl/N-ethyl adjacent to an activating group) is 1. The number of carbonyl (C=O) groups is 2. The average Bonchev–Trinajstić information content (AvgIpc) is 2.66. The van der Waals surface area contributed by atoms with Crippen molar-refractivity contribution in [1.82, 2.24) is 10.2 Å². The van der Waals surface area contributed by atoms with Crippen LogP contribution in [0.4, 0.5) is 18.0 Å². The van der Waals surface area contributed by atoms with E-state index in [4.69, 9.17) is 0 Å². The van der Waals surface area contributed by atoms with Crippen LogP contribution in [-0.2, 0) is 0 Å². The molecular weight excluding hydrogens is 621 g/mol. The Hall–Kier alpha value is -1.65. The Morgan fingerprint density at radius 1 is 1.09 bits per heavy atom. The van der Waals surface area contributed by atoms with E-state index in [2.05, 4.69) is 53.1 Å². The lowest BCUT2D eigenvalue weighted by Crippen LogP contribution is -2.40. The minimum absolute atomic E-state index is 0.0919. The quantitative estimate of drug-likeness (QED) is 0.326. The molecule has 1 atom stereocenters. The number of Topliss-reactive ketones (excluding diaryl/α,β-unsaturated/α-hetero) is 1. The molecule has 2 amide bonds. The zero-order valence-electron chi connectivity index (χ0n) is 17.1. The number of nitrogens with zero attached hydrogens (tertiary/aromatic N) is 1. The van der Waals surface area contributed by atoms with Gasteiger partial charge in [-0.3, -0.25) is 4.79 Å². The van der Waals surface area contributed by atoms with Gasteiger partial charge in [-0.25, -0.2) is 4.79 Å². The topological polar surface area (TPSA) is 49.4 Å². The molecule has 0 aliphatic carbocycles. The van der Waals surface area contributed by atoms with E-state index in [0.29, 0.717) is 31.1 Å². The van der Waals surface area contributed by atoms with Gasteiger partial charge in [0.1, 0.15) is 0 Å². The highest BCUT2D eigenvalue weighted by Gasteiger charge is 2.39. The molecule has 172 valence electrons. The van der Waals surface area contributed by atoms with Crippen molar-refractivity contribution in [2.75, 3.05) is 20.1 Å². The lowest BCUT2D eigenvalue weighted by molar-refractivity contribution is -0.139. The van der Waals surface area contributed by atoms with E-state index in [0.717, 1.165) is 6.08 Å². The van der Waals surface area contributed by atoms with Crippen LogP contribution in [0.3, 0.4) is 0 Å². The van der Waals surface area contributed by atoms with Gasteiger partial charge >= 0.3 is 12.2 Å². The highest BCUT2D eigenvalue weighted by molar-refractivity contribution is 9.11. The third kappa shape index (κ3) is 7.45. The first-order valence-corrected chi connectivity index (χ1v) is 11.8. The molecule has 0 radical (unpaired) electrons. The first-order valence-electron chi connectivity index (χ1n) is 9.45. The Kier molecular flexibility index (Phi) is 9.53. The summed E-state index contributed by atoms with van der Waals surface area (Å²) in [6, 6.07) is 8.80. The monoisotopic (exact) mass is 638 g/mol. The maximum atomic E-state index is 13.7. The number of hydrogen-bond acceptors (Lipinski definition) is 2. The smallest absolute Gasteiger partial charge is 0.338 e. The zero-order chi connectivity index (χ0) is 24.1. The van der Waals surface area contributed by atoms with Gasteiger partial charge in [0, 0.05) is 32.6 Å². The number of hydrogen-bond donors (Lipinski definition) is 1. The molecule has 0 bridgehead atoms. The van der Waals surface area contributed by atoms with Gasteiger partial charge in [0.2, 0.25) is 0 Å². The molecule has 1 N–H and O–H groups in total. The predicted molar refractivity (Wildman–Crippen MR) is 130 cm³/mol. The summed E-state index contributed by atoms with van der Waals surface area (Å²) < 4.78 is 42.6. The van der Waals surface area contributed by atoms with E-state index in [1.807, 2.05) is 0 Å². The summed E-state index contributed by atoms with van der Waals surface area (Å²) >= 11 is 9.75. The van der Waals surface area contributed by atoms with Crippen molar-refractivity contribution < 1.29 is 22.8 Å². The molecule has 10 heteroatoms. The number of benzene rings is 2. The second-order valence-electron chi connectivity index (χ2n) is 6.94. The van der Waals surface area contributed by atoms with Crippen molar-refractivity contribution in [3.05, 3.63) is 72.6 Å². The Labute approximate surface area is 209 Å². The molecule has 1 unspecified atom stereocenters. The lowest BCUT2D eigenvalue weighted by atomic mass is 9.97. The van der Waals surface area contributed by atoms with Crippen LogP contribution in [0.1, 0.15) is 34.3 Å². The van der Waals surface area contributed by atoms with Gasteiger partial charge in [0.05, 0.1) is 12.5 Å². The Balaban J connectivity index is 2.24. The van der Waals surface area contributed by atoms with Gasteiger partial charge in [-0.1, -0.05) is 66.0 Å². The normalized spacial score (nSPS) is 12.6. The van der Waals surface area contributed by atoms with E-state index in [9.17, 15) is 22.8 Å². The number of halogens is 6. The Morgan fingerprint density at radius 2 is 1.72 bits per heavy atom. The second-order valence-corrected chi connectivity index (χ2v) is 9.62. The van der Waals surface area contributed by atoms with Crippen molar-refractivity contribution in [1.29, 1.82) is 0 Å². The molecule has 0 saturated carbocycles. The predicted octanol–water partition coefficient (Wildman–Crippen LogP) is 7.18. The van der Waals surface area contributed by atoms with Gasteiger partial charge in [-0.05, 0) is 48.4 Å². The summed E-state index contributed by atoms with van der Waals surface area (Å²) in [5, 5.41) is 2.60. The minimum Gasteiger partial charge on any atom is -0.338 e. The standard InChI is InChI=1S/C22H20Br3F3N2O2/c1-3-29-21(32)30(2)12-20(31)17-6-4-13(8-19(17)25)5-7-18(22(26,27)28)14-9-15(23)11-16(24)10-14/h4-11,18H,3,12H2,1-2H3,(H,29,32)/b7-5+. The molecule has 4 nitrogen and oxygen atoms in total. The van der Waals surface area contributed by atoms with E-state index in [1.54, 1.807) is 25.1 Å². The Bertz CT molecular complexity index is 1010. The van der Waals surface area contributed by atoms with Crippen LogP contribution in [0.15, 0.2) is 55.9 Å². The van der Waals surface area contributed by atoms with Gasteiger partial charge in [0.15, 0.2) is 5.78 Å². The van der Waals surface area contributed by atoms with Gasteiger partial charge in [-0.2, -0.15) is 13.2 Å². The maximum Gasteiger partial charge on any atom is 0.399 e. The molecule has 2 aromatic carbocycles. The fourth-order valence-corrected chi connectivity index (χ4v) is 4.84. The van der Waals surface area contributed by atoms with Crippen LogP contribution in [-0.4, -0.2) is 43.0 Å². The SMILES string of the molecule is CCNC(=O)N(C)CC(=O)c1ccc(/C=C/C(c2cc(Br)cc(Br)c2)C(F)(F)F)cc1Br. The molecule has 0 heterocycles. The molecule has 0 aliphatic heterocycles. The molecule has 0 aromatic heterocycles. The number of carbonyl (C=O) groups excluding carboxylic acids is 2. The van der Waals surface area contributed by atoms with Crippen LogP contribution in [0.25, 0.3) is 6.08 Å². The Morgan fingerprint density at radius 3 is 2.25 bits per heavy atom.